The summed E-state index contributed by atoms with van der Waals surface area (Å²) in [7, 11) is 0. The summed E-state index contributed by atoms with van der Waals surface area (Å²) in [5.41, 5.74) is 13.5. The molecule has 12 rings (SSSR count). The number of hydrogen-bond acceptors (Lipinski definition) is 2. The summed E-state index contributed by atoms with van der Waals surface area (Å²) < 4.78 is 9.40. The molecule has 0 fully saturated rings. The van der Waals surface area contributed by atoms with E-state index in [9.17, 15) is 0 Å². The van der Waals surface area contributed by atoms with Crippen LogP contribution in [-0.4, -0.2) is 4.57 Å². The van der Waals surface area contributed by atoms with E-state index in [1.54, 1.807) is 0 Å². The SMILES string of the molecule is c1ccc(N(c2ccc3c(c2)Oc2ccccc2C32c3ccccc3-c3cccc4cccc2c34)c2ccc3c4ccccc4n(-c4ccccc4)c3c2)cc1. The molecule has 3 heteroatoms. The Kier molecular flexibility index (Phi) is 6.55. The Morgan fingerprint density at radius 1 is 0.393 bits per heavy atom. The lowest BCUT2D eigenvalue weighted by Gasteiger charge is -2.45. The molecule has 1 spiro atoms. The molecule has 0 bridgehead atoms. The lowest BCUT2D eigenvalue weighted by molar-refractivity contribution is 0.435. The molecule has 0 radical (unpaired) electrons. The second kappa shape index (κ2) is 11.8. The Morgan fingerprint density at radius 2 is 1.02 bits per heavy atom. The average molecular weight is 715 g/mol. The zero-order chi connectivity index (χ0) is 36.8. The van der Waals surface area contributed by atoms with Crippen molar-refractivity contribution in [3.63, 3.8) is 0 Å². The van der Waals surface area contributed by atoms with Crippen LogP contribution in [0.15, 0.2) is 206 Å². The van der Waals surface area contributed by atoms with Crippen molar-refractivity contribution in [3.05, 3.63) is 229 Å². The average Bonchev–Trinajstić information content (AvgIpc) is 3.59. The minimum Gasteiger partial charge on any atom is -0.457 e. The van der Waals surface area contributed by atoms with Gasteiger partial charge < -0.3 is 14.2 Å². The zero-order valence-corrected chi connectivity index (χ0v) is 30.4. The first kappa shape index (κ1) is 31.0. The van der Waals surface area contributed by atoms with Crippen molar-refractivity contribution < 1.29 is 4.74 Å². The first-order valence-corrected chi connectivity index (χ1v) is 19.3. The number of rotatable bonds is 4. The normalized spacial score (nSPS) is 15.0. The fraction of sp³-hybridized carbons (Fsp3) is 0.0189. The third-order valence-electron chi connectivity index (χ3n) is 12.0. The quantitative estimate of drug-likeness (QED) is 0.181. The highest BCUT2D eigenvalue weighted by atomic mass is 16.5. The van der Waals surface area contributed by atoms with E-state index in [2.05, 4.69) is 216 Å². The predicted molar refractivity (Wildman–Crippen MR) is 230 cm³/mol. The molecule has 0 saturated heterocycles. The summed E-state index contributed by atoms with van der Waals surface area (Å²) in [5.74, 6) is 1.73. The maximum atomic E-state index is 7.02. The Labute approximate surface area is 324 Å². The molecule has 1 unspecified atom stereocenters. The Balaban J connectivity index is 1.12. The van der Waals surface area contributed by atoms with Crippen molar-refractivity contribution >= 4 is 49.6 Å². The van der Waals surface area contributed by atoms with Gasteiger partial charge >= 0.3 is 0 Å². The van der Waals surface area contributed by atoms with E-state index >= 15 is 0 Å². The van der Waals surface area contributed by atoms with Crippen molar-refractivity contribution in [2.45, 2.75) is 5.41 Å². The summed E-state index contributed by atoms with van der Waals surface area (Å²) in [6.07, 6.45) is 0. The van der Waals surface area contributed by atoms with Gasteiger partial charge in [0, 0.05) is 50.7 Å². The van der Waals surface area contributed by atoms with Gasteiger partial charge in [0.15, 0.2) is 0 Å². The highest BCUT2D eigenvalue weighted by Gasteiger charge is 2.49. The van der Waals surface area contributed by atoms with E-state index in [1.165, 1.54) is 49.3 Å². The molecule has 1 aliphatic heterocycles. The van der Waals surface area contributed by atoms with Gasteiger partial charge in [0.1, 0.15) is 11.5 Å². The Morgan fingerprint density at radius 3 is 1.89 bits per heavy atom. The van der Waals surface area contributed by atoms with Crippen molar-refractivity contribution in [1.29, 1.82) is 0 Å². The lowest BCUT2D eigenvalue weighted by Crippen LogP contribution is -2.36. The summed E-state index contributed by atoms with van der Waals surface area (Å²) >= 11 is 0. The second-order valence-electron chi connectivity index (χ2n) is 14.8. The van der Waals surface area contributed by atoms with E-state index in [0.717, 1.165) is 50.9 Å². The fourth-order valence-corrected chi connectivity index (χ4v) is 9.80. The minimum atomic E-state index is -0.583. The smallest absolute Gasteiger partial charge is 0.134 e. The van der Waals surface area contributed by atoms with Crippen molar-refractivity contribution in [1.82, 2.24) is 4.57 Å². The summed E-state index contributed by atoms with van der Waals surface area (Å²) in [5, 5.41) is 5.00. The van der Waals surface area contributed by atoms with E-state index in [4.69, 9.17) is 4.74 Å². The number of para-hydroxylation sites is 4. The molecule has 2 heterocycles. The number of fused-ring (bicyclic) bond motifs is 11. The minimum absolute atomic E-state index is 0.583. The molecular formula is C53H34N2O. The van der Waals surface area contributed by atoms with Crippen LogP contribution in [0.5, 0.6) is 11.5 Å². The van der Waals surface area contributed by atoms with Crippen molar-refractivity contribution in [3.8, 4) is 28.3 Å². The standard InChI is InChI=1S/C53H34N2O/c1-3-17-36(18-4-1)54(38-29-31-42-41-22-8-11-27-48(41)55(49(42)33-38)37-19-5-2-6-20-37)39-30-32-46-51(34-39)56-50-28-12-10-25-45(50)53(46)44-24-9-7-21-40(44)43-23-13-15-35-16-14-26-47(53)52(35)43/h1-34H. The first-order chi connectivity index (χ1) is 27.8. The van der Waals surface area contributed by atoms with Crippen molar-refractivity contribution in [2.24, 2.45) is 0 Å². The molecule has 56 heavy (non-hydrogen) atoms. The van der Waals surface area contributed by atoms with E-state index in [0.29, 0.717) is 0 Å². The molecule has 1 atom stereocenters. The van der Waals surface area contributed by atoms with E-state index < -0.39 is 5.41 Å². The molecular weight excluding hydrogens is 681 g/mol. The highest BCUT2D eigenvalue weighted by Crippen LogP contribution is 2.61. The summed E-state index contributed by atoms with van der Waals surface area (Å²) in [4.78, 5) is 2.36. The molecule has 10 aromatic rings. The van der Waals surface area contributed by atoms with Gasteiger partial charge in [-0.25, -0.2) is 0 Å². The maximum absolute atomic E-state index is 7.02. The Hall–Kier alpha value is -7.36. The molecule has 0 saturated carbocycles. The third-order valence-corrected chi connectivity index (χ3v) is 12.0. The summed E-state index contributed by atoms with van der Waals surface area (Å²) in [6, 6.07) is 74.8. The molecule has 1 aromatic heterocycles. The van der Waals surface area contributed by atoms with Crippen LogP contribution < -0.4 is 9.64 Å². The Bertz CT molecular complexity index is 3180. The van der Waals surface area contributed by atoms with Crippen LogP contribution in [0.2, 0.25) is 0 Å². The lowest BCUT2D eigenvalue weighted by atomic mass is 9.58. The van der Waals surface area contributed by atoms with Gasteiger partial charge in [-0.05, 0) is 87.6 Å². The molecule has 9 aromatic carbocycles. The number of anilines is 3. The number of ether oxygens (including phenoxy) is 1. The van der Waals surface area contributed by atoms with Gasteiger partial charge in [0.25, 0.3) is 0 Å². The van der Waals surface area contributed by atoms with Gasteiger partial charge in [-0.1, -0.05) is 146 Å². The number of benzene rings is 9. The van der Waals surface area contributed by atoms with Crippen LogP contribution in [0.4, 0.5) is 17.1 Å². The topological polar surface area (TPSA) is 17.4 Å². The molecule has 262 valence electrons. The van der Waals surface area contributed by atoms with Crippen LogP contribution in [0.1, 0.15) is 22.3 Å². The van der Waals surface area contributed by atoms with E-state index in [1.807, 2.05) is 0 Å². The number of nitrogens with zero attached hydrogens (tertiary/aromatic N) is 2. The highest BCUT2D eigenvalue weighted by molar-refractivity contribution is 6.10. The molecule has 2 aliphatic rings. The fourth-order valence-electron chi connectivity index (χ4n) is 9.80. The van der Waals surface area contributed by atoms with Gasteiger partial charge in [-0.15, -0.1) is 0 Å². The van der Waals surface area contributed by atoms with Gasteiger partial charge in [0.2, 0.25) is 0 Å². The zero-order valence-electron chi connectivity index (χ0n) is 30.4. The predicted octanol–water partition coefficient (Wildman–Crippen LogP) is 13.9. The van der Waals surface area contributed by atoms with Gasteiger partial charge in [-0.2, -0.15) is 0 Å². The second-order valence-corrected chi connectivity index (χ2v) is 14.8. The van der Waals surface area contributed by atoms with Crippen LogP contribution in [-0.2, 0) is 5.41 Å². The number of aromatic nitrogens is 1. The molecule has 0 N–H and O–H groups in total. The number of hydrogen-bond donors (Lipinski definition) is 0. The van der Waals surface area contributed by atoms with Crippen LogP contribution >= 0.6 is 0 Å². The first-order valence-electron chi connectivity index (χ1n) is 19.3. The molecule has 3 nitrogen and oxygen atoms in total. The van der Waals surface area contributed by atoms with Gasteiger partial charge in [0.05, 0.1) is 16.4 Å². The molecule has 1 aliphatic carbocycles. The third kappa shape index (κ3) is 4.22. The van der Waals surface area contributed by atoms with Crippen LogP contribution in [0.3, 0.4) is 0 Å². The summed E-state index contributed by atoms with van der Waals surface area (Å²) in [6.45, 7) is 0. The van der Waals surface area contributed by atoms with Crippen LogP contribution in [0, 0.1) is 0 Å². The van der Waals surface area contributed by atoms with Crippen molar-refractivity contribution in [2.75, 3.05) is 4.90 Å². The van der Waals surface area contributed by atoms with E-state index in [-0.39, 0.29) is 0 Å². The largest absolute Gasteiger partial charge is 0.457 e. The van der Waals surface area contributed by atoms with Crippen LogP contribution in [0.25, 0.3) is 49.4 Å². The molecule has 0 amide bonds. The van der Waals surface area contributed by atoms with Gasteiger partial charge in [-0.3, -0.25) is 0 Å². The monoisotopic (exact) mass is 714 g/mol. The maximum Gasteiger partial charge on any atom is 0.134 e.